The number of aromatic nitrogens is 1. The number of benzene rings is 1. The Labute approximate surface area is 150 Å². The van der Waals surface area contributed by atoms with E-state index in [1.54, 1.807) is 18.0 Å². The van der Waals surface area contributed by atoms with E-state index in [0.717, 1.165) is 17.8 Å². The van der Waals surface area contributed by atoms with Gasteiger partial charge in [0.1, 0.15) is 5.75 Å². The number of ether oxygens (including phenoxy) is 1. The van der Waals surface area contributed by atoms with Crippen LogP contribution in [-0.2, 0) is 11.3 Å². The number of amides is 1. The van der Waals surface area contributed by atoms with Crippen LogP contribution in [-0.4, -0.2) is 54.0 Å². The molecule has 0 aliphatic carbocycles. The summed E-state index contributed by atoms with van der Waals surface area (Å²) < 4.78 is 5.83. The van der Waals surface area contributed by atoms with Crippen LogP contribution < -0.4 is 4.74 Å². The number of hydrogen-bond donors (Lipinski definition) is 0. The van der Waals surface area contributed by atoms with Gasteiger partial charge in [-0.2, -0.15) is 0 Å². The SMILES string of the molecule is Cc1ccc(O[C@H](C)C(=O)N(CCN(C)C)Cc2ccccn2)cc1. The molecule has 1 aromatic carbocycles. The van der Waals surface area contributed by atoms with E-state index < -0.39 is 6.10 Å². The standard InChI is InChI=1S/C20H27N3O2/c1-16-8-10-19(11-9-16)25-17(2)20(24)23(14-13-22(3)4)15-18-7-5-6-12-21-18/h5-12,17H,13-15H2,1-4H3/t17-/m1/s1. The average molecular weight is 341 g/mol. The Morgan fingerprint density at radius 1 is 1.12 bits per heavy atom. The number of pyridine rings is 1. The highest BCUT2D eigenvalue weighted by atomic mass is 16.5. The van der Waals surface area contributed by atoms with Crippen LogP contribution in [0.15, 0.2) is 48.7 Å². The lowest BCUT2D eigenvalue weighted by atomic mass is 10.2. The third-order valence-electron chi connectivity index (χ3n) is 3.89. The van der Waals surface area contributed by atoms with Crippen molar-refractivity contribution in [2.75, 3.05) is 27.2 Å². The molecule has 0 unspecified atom stereocenters. The van der Waals surface area contributed by atoms with E-state index in [0.29, 0.717) is 18.8 Å². The van der Waals surface area contributed by atoms with E-state index in [9.17, 15) is 4.79 Å². The first-order chi connectivity index (χ1) is 12.0. The number of hydrogen-bond acceptors (Lipinski definition) is 4. The molecule has 0 aliphatic rings. The number of nitrogens with zero attached hydrogens (tertiary/aromatic N) is 3. The molecule has 134 valence electrons. The largest absolute Gasteiger partial charge is 0.481 e. The van der Waals surface area contributed by atoms with Crippen LogP contribution in [0.25, 0.3) is 0 Å². The molecule has 1 atom stereocenters. The van der Waals surface area contributed by atoms with E-state index in [4.69, 9.17) is 4.74 Å². The maximum absolute atomic E-state index is 12.9. The van der Waals surface area contributed by atoms with Gasteiger partial charge in [0.2, 0.25) is 0 Å². The number of likely N-dealkylation sites (N-methyl/N-ethyl adjacent to an activating group) is 1. The summed E-state index contributed by atoms with van der Waals surface area (Å²) >= 11 is 0. The Bertz CT molecular complexity index is 656. The van der Waals surface area contributed by atoms with Gasteiger partial charge >= 0.3 is 0 Å². The Morgan fingerprint density at radius 3 is 2.44 bits per heavy atom. The second kappa shape index (κ2) is 9.18. The molecule has 0 bridgehead atoms. The van der Waals surface area contributed by atoms with Crippen molar-refractivity contribution in [1.82, 2.24) is 14.8 Å². The van der Waals surface area contributed by atoms with E-state index in [2.05, 4.69) is 9.88 Å². The van der Waals surface area contributed by atoms with Gasteiger partial charge in [-0.25, -0.2) is 0 Å². The van der Waals surface area contributed by atoms with E-state index in [-0.39, 0.29) is 5.91 Å². The van der Waals surface area contributed by atoms with Crippen molar-refractivity contribution in [3.8, 4) is 5.75 Å². The maximum atomic E-state index is 12.9. The molecule has 1 aromatic heterocycles. The predicted octanol–water partition coefficient (Wildman–Crippen LogP) is 2.75. The fourth-order valence-electron chi connectivity index (χ4n) is 2.40. The van der Waals surface area contributed by atoms with Gasteiger partial charge in [-0.15, -0.1) is 0 Å². The Morgan fingerprint density at radius 2 is 1.84 bits per heavy atom. The van der Waals surface area contributed by atoms with Crippen molar-refractivity contribution in [3.05, 3.63) is 59.9 Å². The number of carbonyl (C=O) groups is 1. The van der Waals surface area contributed by atoms with E-state index in [1.165, 1.54) is 0 Å². The van der Waals surface area contributed by atoms with E-state index >= 15 is 0 Å². The van der Waals surface area contributed by atoms with Gasteiger partial charge in [0.15, 0.2) is 6.10 Å². The van der Waals surface area contributed by atoms with E-state index in [1.807, 2.05) is 63.5 Å². The van der Waals surface area contributed by atoms with Crippen LogP contribution in [0.3, 0.4) is 0 Å². The monoisotopic (exact) mass is 341 g/mol. The molecule has 0 fully saturated rings. The molecule has 0 N–H and O–H groups in total. The fourth-order valence-corrected chi connectivity index (χ4v) is 2.40. The van der Waals surface area contributed by atoms with Gasteiger partial charge in [-0.1, -0.05) is 23.8 Å². The zero-order chi connectivity index (χ0) is 18.2. The molecule has 2 aromatic rings. The van der Waals surface area contributed by atoms with Crippen molar-refractivity contribution >= 4 is 5.91 Å². The maximum Gasteiger partial charge on any atom is 0.263 e. The van der Waals surface area contributed by atoms with Crippen LogP contribution in [0.4, 0.5) is 0 Å². The first kappa shape index (κ1) is 18.9. The third kappa shape index (κ3) is 6.19. The van der Waals surface area contributed by atoms with Gasteiger partial charge < -0.3 is 14.5 Å². The lowest BCUT2D eigenvalue weighted by molar-refractivity contribution is -0.138. The molecule has 0 spiro atoms. The Hall–Kier alpha value is -2.40. The predicted molar refractivity (Wildman–Crippen MR) is 99.5 cm³/mol. The van der Waals surface area contributed by atoms with Crippen LogP contribution in [0, 0.1) is 6.92 Å². The molecule has 0 radical (unpaired) electrons. The molecule has 2 rings (SSSR count). The minimum atomic E-state index is -0.548. The molecule has 25 heavy (non-hydrogen) atoms. The smallest absolute Gasteiger partial charge is 0.263 e. The Balaban J connectivity index is 2.05. The lowest BCUT2D eigenvalue weighted by Crippen LogP contribution is -2.43. The minimum absolute atomic E-state index is 0.0342. The average Bonchev–Trinajstić information content (AvgIpc) is 2.60. The summed E-state index contributed by atoms with van der Waals surface area (Å²) in [5.74, 6) is 0.671. The molecule has 1 heterocycles. The van der Waals surface area contributed by atoms with Gasteiger partial charge in [-0.3, -0.25) is 9.78 Å². The van der Waals surface area contributed by atoms with Gasteiger partial charge in [0.25, 0.3) is 5.91 Å². The molecule has 5 heteroatoms. The highest BCUT2D eigenvalue weighted by Crippen LogP contribution is 2.15. The second-order valence-corrected chi connectivity index (χ2v) is 6.46. The molecule has 5 nitrogen and oxygen atoms in total. The van der Waals surface area contributed by atoms with Crippen LogP contribution in [0.1, 0.15) is 18.2 Å². The molecular weight excluding hydrogens is 314 g/mol. The van der Waals surface area contributed by atoms with Crippen molar-refractivity contribution in [1.29, 1.82) is 0 Å². The molecular formula is C20H27N3O2. The topological polar surface area (TPSA) is 45.7 Å². The summed E-state index contributed by atoms with van der Waals surface area (Å²) in [5.41, 5.74) is 2.03. The molecule has 0 saturated carbocycles. The first-order valence-electron chi connectivity index (χ1n) is 8.52. The first-order valence-corrected chi connectivity index (χ1v) is 8.52. The quantitative estimate of drug-likeness (QED) is 0.741. The van der Waals surface area contributed by atoms with Gasteiger partial charge in [0, 0.05) is 19.3 Å². The lowest BCUT2D eigenvalue weighted by Gasteiger charge is -2.27. The van der Waals surface area contributed by atoms with Gasteiger partial charge in [-0.05, 0) is 52.2 Å². The number of aryl methyl sites for hydroxylation is 1. The van der Waals surface area contributed by atoms with Gasteiger partial charge in [0.05, 0.1) is 12.2 Å². The zero-order valence-corrected chi connectivity index (χ0v) is 15.5. The second-order valence-electron chi connectivity index (χ2n) is 6.46. The number of rotatable bonds is 8. The summed E-state index contributed by atoms with van der Waals surface area (Å²) in [5, 5.41) is 0. The van der Waals surface area contributed by atoms with Crippen molar-refractivity contribution in [2.45, 2.75) is 26.5 Å². The Kier molecular flexibility index (Phi) is 6.95. The molecule has 1 amide bonds. The summed E-state index contributed by atoms with van der Waals surface area (Å²) in [4.78, 5) is 21.1. The normalized spacial score (nSPS) is 12.0. The number of carbonyl (C=O) groups excluding carboxylic acids is 1. The zero-order valence-electron chi connectivity index (χ0n) is 15.5. The molecule has 0 saturated heterocycles. The summed E-state index contributed by atoms with van der Waals surface area (Å²) in [6.07, 6.45) is 1.20. The minimum Gasteiger partial charge on any atom is -0.481 e. The van der Waals surface area contributed by atoms with Crippen molar-refractivity contribution < 1.29 is 9.53 Å². The van der Waals surface area contributed by atoms with Crippen LogP contribution in [0.5, 0.6) is 5.75 Å². The summed E-state index contributed by atoms with van der Waals surface area (Å²) in [7, 11) is 3.99. The van der Waals surface area contributed by atoms with Crippen LogP contribution >= 0.6 is 0 Å². The summed E-state index contributed by atoms with van der Waals surface area (Å²) in [6, 6.07) is 13.5. The third-order valence-corrected chi connectivity index (χ3v) is 3.89. The highest BCUT2D eigenvalue weighted by molar-refractivity contribution is 5.80. The van der Waals surface area contributed by atoms with Crippen LogP contribution in [0.2, 0.25) is 0 Å². The fraction of sp³-hybridized carbons (Fsp3) is 0.400. The highest BCUT2D eigenvalue weighted by Gasteiger charge is 2.22. The summed E-state index contributed by atoms with van der Waals surface area (Å²) in [6.45, 7) is 5.71. The molecule has 0 aliphatic heterocycles. The van der Waals surface area contributed by atoms with Crippen molar-refractivity contribution in [2.24, 2.45) is 0 Å². The van der Waals surface area contributed by atoms with Crippen molar-refractivity contribution in [3.63, 3.8) is 0 Å².